The summed E-state index contributed by atoms with van der Waals surface area (Å²) in [5, 5.41) is 13.6. The molecule has 3 heterocycles. The van der Waals surface area contributed by atoms with Crippen LogP contribution in [-0.2, 0) is 16.0 Å². The number of carbonyl (C=O) groups is 2. The molecule has 2 aliphatic heterocycles. The fraction of sp³-hybridized carbons (Fsp3) is 0.650. The fourth-order valence-corrected chi connectivity index (χ4v) is 3.75. The Balaban J connectivity index is 1.47. The molecule has 0 aromatic carbocycles. The predicted molar refractivity (Wildman–Crippen MR) is 102 cm³/mol. The van der Waals surface area contributed by atoms with Gasteiger partial charge in [-0.1, -0.05) is 6.07 Å². The van der Waals surface area contributed by atoms with Crippen LogP contribution >= 0.6 is 0 Å². The number of nitrogens with zero attached hydrogens (tertiary/aromatic N) is 3. The molecule has 2 aliphatic rings. The molecule has 7 nitrogen and oxygen atoms in total. The Hall–Kier alpha value is -1.99. The average Bonchev–Trinajstić information content (AvgIpc) is 2.69. The van der Waals surface area contributed by atoms with Gasteiger partial charge < -0.3 is 20.2 Å². The first-order valence-corrected chi connectivity index (χ1v) is 9.81. The maximum atomic E-state index is 12.6. The van der Waals surface area contributed by atoms with Crippen molar-refractivity contribution in [1.82, 2.24) is 20.1 Å². The molecule has 0 bridgehead atoms. The van der Waals surface area contributed by atoms with E-state index in [1.807, 2.05) is 25.2 Å². The molecular weight excluding hydrogens is 344 g/mol. The van der Waals surface area contributed by atoms with Crippen molar-refractivity contribution in [3.05, 3.63) is 30.1 Å². The molecule has 0 radical (unpaired) electrons. The summed E-state index contributed by atoms with van der Waals surface area (Å²) in [5.74, 6) is -0.164. The van der Waals surface area contributed by atoms with Gasteiger partial charge in [0.1, 0.15) is 0 Å². The summed E-state index contributed by atoms with van der Waals surface area (Å²) in [5.41, 5.74) is 0.132. The molecule has 2 saturated heterocycles. The number of hydrogen-bond donors (Lipinski definition) is 2. The SMILES string of the molecule is CN1CCC(O)(CNC(=O)[C@H]2CCC(=O)N(CCc3ccccn3)C2)CC1. The van der Waals surface area contributed by atoms with E-state index in [0.29, 0.717) is 45.2 Å². The van der Waals surface area contributed by atoms with E-state index in [1.54, 1.807) is 11.1 Å². The first-order chi connectivity index (χ1) is 13.0. The number of nitrogens with one attached hydrogen (secondary N) is 1. The molecular formula is C20H30N4O3. The summed E-state index contributed by atoms with van der Waals surface area (Å²) in [4.78, 5) is 33.0. The zero-order chi connectivity index (χ0) is 19.3. The van der Waals surface area contributed by atoms with Crippen LogP contribution in [0.15, 0.2) is 24.4 Å². The van der Waals surface area contributed by atoms with Crippen LogP contribution in [0.2, 0.25) is 0 Å². The second kappa shape index (κ2) is 8.80. The van der Waals surface area contributed by atoms with Crippen LogP contribution in [0.5, 0.6) is 0 Å². The maximum Gasteiger partial charge on any atom is 0.225 e. The Kier molecular flexibility index (Phi) is 6.44. The quantitative estimate of drug-likeness (QED) is 0.755. The highest BCUT2D eigenvalue weighted by molar-refractivity contribution is 5.83. The Morgan fingerprint density at radius 2 is 2.15 bits per heavy atom. The Bertz CT molecular complexity index is 644. The van der Waals surface area contributed by atoms with Crippen LogP contribution in [0, 0.1) is 5.92 Å². The van der Waals surface area contributed by atoms with E-state index in [2.05, 4.69) is 15.2 Å². The van der Waals surface area contributed by atoms with Crippen LogP contribution < -0.4 is 5.32 Å². The molecule has 27 heavy (non-hydrogen) atoms. The molecule has 0 saturated carbocycles. The summed E-state index contributed by atoms with van der Waals surface area (Å²) >= 11 is 0. The van der Waals surface area contributed by atoms with E-state index in [-0.39, 0.29) is 24.3 Å². The maximum absolute atomic E-state index is 12.6. The van der Waals surface area contributed by atoms with Gasteiger partial charge in [-0.25, -0.2) is 0 Å². The van der Waals surface area contributed by atoms with Gasteiger partial charge in [-0.05, 0) is 38.4 Å². The van der Waals surface area contributed by atoms with Crippen LogP contribution in [0.3, 0.4) is 0 Å². The minimum atomic E-state index is -0.814. The molecule has 3 rings (SSSR count). The van der Waals surface area contributed by atoms with Crippen molar-refractivity contribution in [2.75, 3.05) is 39.8 Å². The van der Waals surface area contributed by atoms with Crippen LogP contribution in [-0.4, -0.2) is 77.1 Å². The lowest BCUT2D eigenvalue weighted by molar-refractivity contribution is -0.138. The topological polar surface area (TPSA) is 85.8 Å². The van der Waals surface area contributed by atoms with E-state index in [4.69, 9.17) is 0 Å². The predicted octanol–water partition coefficient (Wildman–Crippen LogP) is 0.436. The van der Waals surface area contributed by atoms with Crippen molar-refractivity contribution in [3.63, 3.8) is 0 Å². The molecule has 0 spiro atoms. The third-order valence-corrected chi connectivity index (χ3v) is 5.74. The lowest BCUT2D eigenvalue weighted by Crippen LogP contribution is -2.52. The molecule has 0 aliphatic carbocycles. The Morgan fingerprint density at radius 1 is 1.37 bits per heavy atom. The Morgan fingerprint density at radius 3 is 2.85 bits per heavy atom. The van der Waals surface area contributed by atoms with Crippen molar-refractivity contribution >= 4 is 11.8 Å². The largest absolute Gasteiger partial charge is 0.388 e. The van der Waals surface area contributed by atoms with Crippen LogP contribution in [0.1, 0.15) is 31.4 Å². The van der Waals surface area contributed by atoms with Crippen LogP contribution in [0.4, 0.5) is 0 Å². The van der Waals surface area contributed by atoms with Crippen molar-refractivity contribution in [2.24, 2.45) is 5.92 Å². The van der Waals surface area contributed by atoms with Gasteiger partial charge in [0, 0.05) is 57.5 Å². The molecule has 1 aromatic heterocycles. The van der Waals surface area contributed by atoms with Gasteiger partial charge in [0.25, 0.3) is 0 Å². The first kappa shape index (κ1) is 19.8. The molecule has 2 amide bonds. The third kappa shape index (κ3) is 5.49. The zero-order valence-corrected chi connectivity index (χ0v) is 16.1. The third-order valence-electron chi connectivity index (χ3n) is 5.74. The molecule has 148 valence electrons. The summed E-state index contributed by atoms with van der Waals surface area (Å²) in [6, 6.07) is 5.75. The van der Waals surface area contributed by atoms with Crippen molar-refractivity contribution in [3.8, 4) is 0 Å². The lowest BCUT2D eigenvalue weighted by Gasteiger charge is -2.37. The van der Waals surface area contributed by atoms with Crippen LogP contribution in [0.25, 0.3) is 0 Å². The second-order valence-corrected chi connectivity index (χ2v) is 7.89. The highest BCUT2D eigenvalue weighted by Crippen LogP contribution is 2.22. The van der Waals surface area contributed by atoms with Gasteiger partial charge in [-0.2, -0.15) is 0 Å². The number of piperidine rings is 2. The number of pyridine rings is 1. The van der Waals surface area contributed by atoms with E-state index in [9.17, 15) is 14.7 Å². The molecule has 1 aromatic rings. The van der Waals surface area contributed by atoms with Gasteiger partial charge in [-0.15, -0.1) is 0 Å². The minimum Gasteiger partial charge on any atom is -0.388 e. The van der Waals surface area contributed by atoms with Gasteiger partial charge in [0.2, 0.25) is 11.8 Å². The number of carbonyl (C=O) groups excluding carboxylic acids is 2. The number of rotatable bonds is 6. The number of aromatic nitrogens is 1. The summed E-state index contributed by atoms with van der Waals surface area (Å²) < 4.78 is 0. The first-order valence-electron chi connectivity index (χ1n) is 9.81. The molecule has 1 atom stereocenters. The summed E-state index contributed by atoms with van der Waals surface area (Å²) in [7, 11) is 2.04. The van der Waals surface area contributed by atoms with Gasteiger partial charge >= 0.3 is 0 Å². The number of aliphatic hydroxyl groups is 1. The lowest BCUT2D eigenvalue weighted by atomic mass is 9.91. The van der Waals surface area contributed by atoms with E-state index in [1.165, 1.54) is 0 Å². The molecule has 7 heteroatoms. The highest BCUT2D eigenvalue weighted by atomic mass is 16.3. The van der Waals surface area contributed by atoms with Crippen molar-refractivity contribution in [1.29, 1.82) is 0 Å². The zero-order valence-electron chi connectivity index (χ0n) is 16.1. The van der Waals surface area contributed by atoms with Crippen molar-refractivity contribution < 1.29 is 14.7 Å². The average molecular weight is 374 g/mol. The van der Waals surface area contributed by atoms with E-state index < -0.39 is 5.60 Å². The fourth-order valence-electron chi connectivity index (χ4n) is 3.75. The van der Waals surface area contributed by atoms with E-state index in [0.717, 1.165) is 18.8 Å². The molecule has 2 fully saturated rings. The minimum absolute atomic E-state index is 0.0577. The monoisotopic (exact) mass is 374 g/mol. The van der Waals surface area contributed by atoms with E-state index >= 15 is 0 Å². The smallest absolute Gasteiger partial charge is 0.225 e. The van der Waals surface area contributed by atoms with Gasteiger partial charge in [-0.3, -0.25) is 14.6 Å². The standard InChI is InChI=1S/C20H30N4O3/c1-23-12-8-20(27,9-13-23)15-22-19(26)16-5-6-18(25)24(14-16)11-7-17-4-2-3-10-21-17/h2-4,10,16,27H,5-9,11-15H2,1H3,(H,22,26)/t16-/m0/s1. The normalized spacial score (nSPS) is 23.3. The number of amides is 2. The van der Waals surface area contributed by atoms with Gasteiger partial charge in [0.15, 0.2) is 0 Å². The Labute approximate surface area is 160 Å². The second-order valence-electron chi connectivity index (χ2n) is 7.89. The van der Waals surface area contributed by atoms with Crippen molar-refractivity contribution in [2.45, 2.75) is 37.7 Å². The molecule has 2 N–H and O–H groups in total. The highest BCUT2D eigenvalue weighted by Gasteiger charge is 2.34. The summed E-state index contributed by atoms with van der Waals surface area (Å²) in [6.07, 6.45) is 4.75. The number of hydrogen-bond acceptors (Lipinski definition) is 5. The number of likely N-dealkylation sites (tertiary alicyclic amines) is 2. The summed E-state index contributed by atoms with van der Waals surface area (Å²) in [6.45, 7) is 2.99. The molecule has 0 unspecified atom stereocenters. The van der Waals surface area contributed by atoms with Gasteiger partial charge in [0.05, 0.1) is 11.5 Å².